The van der Waals surface area contributed by atoms with Crippen LogP contribution in [0.5, 0.6) is 5.75 Å². The van der Waals surface area contributed by atoms with E-state index in [4.69, 9.17) is 10.5 Å². The van der Waals surface area contributed by atoms with Crippen molar-refractivity contribution < 1.29 is 4.74 Å². The molecule has 0 atom stereocenters. The molecule has 2 rings (SSSR count). The Morgan fingerprint density at radius 1 is 1.11 bits per heavy atom. The molecule has 0 saturated heterocycles. The summed E-state index contributed by atoms with van der Waals surface area (Å²) in [5, 5.41) is 0. The highest BCUT2D eigenvalue weighted by atomic mass is 16.5. The van der Waals surface area contributed by atoms with E-state index in [1.165, 1.54) is 5.56 Å². The van der Waals surface area contributed by atoms with Gasteiger partial charge in [-0.15, -0.1) is 0 Å². The fourth-order valence-electron chi connectivity index (χ4n) is 1.95. The van der Waals surface area contributed by atoms with Gasteiger partial charge in [0, 0.05) is 30.2 Å². The molecule has 0 amide bonds. The number of ether oxygens (including phenoxy) is 1. The lowest BCUT2D eigenvalue weighted by Gasteiger charge is -2.22. The zero-order chi connectivity index (χ0) is 13.1. The van der Waals surface area contributed by atoms with Crippen molar-refractivity contribution in [2.75, 3.05) is 24.8 Å². The van der Waals surface area contributed by atoms with Gasteiger partial charge in [-0.25, -0.2) is 0 Å². The molecule has 94 valence electrons. The second-order valence-corrected chi connectivity index (χ2v) is 4.31. The van der Waals surface area contributed by atoms with Gasteiger partial charge in [-0.05, 0) is 36.8 Å². The van der Waals surface area contributed by atoms with Crippen LogP contribution in [0.15, 0.2) is 42.5 Å². The molecule has 0 radical (unpaired) electrons. The van der Waals surface area contributed by atoms with Crippen LogP contribution in [0.3, 0.4) is 0 Å². The number of nitrogen functional groups attached to an aromatic ring is 1. The first-order valence-corrected chi connectivity index (χ1v) is 5.85. The summed E-state index contributed by atoms with van der Waals surface area (Å²) in [6, 6.07) is 13.9. The molecule has 3 nitrogen and oxygen atoms in total. The molecule has 0 heterocycles. The van der Waals surface area contributed by atoms with Gasteiger partial charge < -0.3 is 15.4 Å². The molecule has 0 fully saturated rings. The zero-order valence-electron chi connectivity index (χ0n) is 11.0. The van der Waals surface area contributed by atoms with Crippen molar-refractivity contribution in [1.29, 1.82) is 0 Å². The highest BCUT2D eigenvalue weighted by Crippen LogP contribution is 2.30. The van der Waals surface area contributed by atoms with Gasteiger partial charge in [-0.3, -0.25) is 0 Å². The number of hydrogen-bond acceptors (Lipinski definition) is 3. The first kappa shape index (κ1) is 12.3. The van der Waals surface area contributed by atoms with Gasteiger partial charge in [0.15, 0.2) is 0 Å². The van der Waals surface area contributed by atoms with Crippen LogP contribution in [0.4, 0.5) is 17.1 Å². The molecule has 3 heteroatoms. The Morgan fingerprint density at radius 3 is 2.61 bits per heavy atom. The maximum atomic E-state index is 5.85. The monoisotopic (exact) mass is 242 g/mol. The number of rotatable bonds is 3. The average Bonchev–Trinajstić information content (AvgIpc) is 2.41. The third-order valence-electron chi connectivity index (χ3n) is 3.04. The largest absolute Gasteiger partial charge is 0.497 e. The van der Waals surface area contributed by atoms with Gasteiger partial charge in [0.05, 0.1) is 7.11 Å². The van der Waals surface area contributed by atoms with E-state index in [-0.39, 0.29) is 0 Å². The summed E-state index contributed by atoms with van der Waals surface area (Å²) in [4.78, 5) is 2.11. The smallest absolute Gasteiger partial charge is 0.120 e. The van der Waals surface area contributed by atoms with E-state index in [1.807, 2.05) is 49.5 Å². The molecular formula is C15H18N2O. The fraction of sp³-hybridized carbons (Fsp3) is 0.200. The molecule has 0 saturated carbocycles. The Bertz CT molecular complexity index is 552. The summed E-state index contributed by atoms with van der Waals surface area (Å²) in [5.74, 6) is 0.848. The van der Waals surface area contributed by atoms with E-state index in [9.17, 15) is 0 Å². The lowest BCUT2D eigenvalue weighted by atomic mass is 10.1. The van der Waals surface area contributed by atoms with Crippen LogP contribution in [0.2, 0.25) is 0 Å². The maximum absolute atomic E-state index is 5.85. The summed E-state index contributed by atoms with van der Waals surface area (Å²) in [7, 11) is 3.70. The van der Waals surface area contributed by atoms with E-state index in [2.05, 4.69) is 11.8 Å². The van der Waals surface area contributed by atoms with E-state index < -0.39 is 0 Å². The summed E-state index contributed by atoms with van der Waals surface area (Å²) in [5.41, 5.74) is 9.98. The predicted octanol–water partition coefficient (Wildman–Crippen LogP) is 3.35. The first-order valence-electron chi connectivity index (χ1n) is 5.85. The van der Waals surface area contributed by atoms with Crippen LogP contribution >= 0.6 is 0 Å². The van der Waals surface area contributed by atoms with Crippen LogP contribution in [0.1, 0.15) is 5.56 Å². The summed E-state index contributed by atoms with van der Waals surface area (Å²) in [6.07, 6.45) is 0. The summed E-state index contributed by atoms with van der Waals surface area (Å²) >= 11 is 0. The van der Waals surface area contributed by atoms with Crippen molar-refractivity contribution in [3.05, 3.63) is 48.0 Å². The number of nitrogens with zero attached hydrogens (tertiary/aromatic N) is 1. The SMILES string of the molecule is COc1cccc(N(C)c2cc(N)ccc2C)c1. The fourth-order valence-corrected chi connectivity index (χ4v) is 1.95. The minimum atomic E-state index is 0.769. The average molecular weight is 242 g/mol. The van der Waals surface area contributed by atoms with E-state index in [0.717, 1.165) is 22.8 Å². The molecule has 18 heavy (non-hydrogen) atoms. The number of nitrogens with two attached hydrogens (primary N) is 1. The standard InChI is InChI=1S/C15H18N2O/c1-11-7-8-12(16)9-15(11)17(2)13-5-4-6-14(10-13)18-3/h4-10H,16H2,1-3H3. The first-order chi connectivity index (χ1) is 8.61. The lowest BCUT2D eigenvalue weighted by molar-refractivity contribution is 0.415. The zero-order valence-corrected chi connectivity index (χ0v) is 11.0. The van der Waals surface area contributed by atoms with E-state index in [1.54, 1.807) is 7.11 Å². The molecule has 0 aliphatic rings. The third-order valence-corrected chi connectivity index (χ3v) is 3.04. The number of methoxy groups -OCH3 is 1. The van der Waals surface area contributed by atoms with Crippen LogP contribution < -0.4 is 15.4 Å². The normalized spacial score (nSPS) is 10.2. The Hall–Kier alpha value is -2.16. The van der Waals surface area contributed by atoms with Crippen molar-refractivity contribution >= 4 is 17.1 Å². The Kier molecular flexibility index (Phi) is 3.42. The van der Waals surface area contributed by atoms with Gasteiger partial charge in [-0.2, -0.15) is 0 Å². The van der Waals surface area contributed by atoms with Gasteiger partial charge in [0.1, 0.15) is 5.75 Å². The summed E-state index contributed by atoms with van der Waals surface area (Å²) in [6.45, 7) is 2.07. The van der Waals surface area contributed by atoms with Crippen molar-refractivity contribution in [2.45, 2.75) is 6.92 Å². The van der Waals surface area contributed by atoms with Crippen molar-refractivity contribution in [3.63, 3.8) is 0 Å². The van der Waals surface area contributed by atoms with Gasteiger partial charge >= 0.3 is 0 Å². The van der Waals surface area contributed by atoms with Crippen molar-refractivity contribution in [2.24, 2.45) is 0 Å². The Balaban J connectivity index is 2.40. The maximum Gasteiger partial charge on any atom is 0.120 e. The quantitative estimate of drug-likeness (QED) is 0.839. The second-order valence-electron chi connectivity index (χ2n) is 4.31. The Morgan fingerprint density at radius 2 is 1.89 bits per heavy atom. The molecule has 2 aromatic rings. The van der Waals surface area contributed by atoms with Crippen molar-refractivity contribution in [1.82, 2.24) is 0 Å². The molecule has 2 aromatic carbocycles. The molecule has 0 aliphatic heterocycles. The van der Waals surface area contributed by atoms with Crippen LogP contribution in [0.25, 0.3) is 0 Å². The van der Waals surface area contributed by atoms with Crippen LogP contribution in [-0.2, 0) is 0 Å². The van der Waals surface area contributed by atoms with Gasteiger partial charge in [-0.1, -0.05) is 12.1 Å². The topological polar surface area (TPSA) is 38.5 Å². The summed E-state index contributed by atoms with van der Waals surface area (Å²) < 4.78 is 5.24. The second kappa shape index (κ2) is 5.00. The van der Waals surface area contributed by atoms with E-state index in [0.29, 0.717) is 0 Å². The molecule has 2 N–H and O–H groups in total. The molecule has 0 bridgehead atoms. The molecular weight excluding hydrogens is 224 g/mol. The van der Waals surface area contributed by atoms with Crippen LogP contribution in [-0.4, -0.2) is 14.2 Å². The highest BCUT2D eigenvalue weighted by Gasteiger charge is 2.08. The minimum absolute atomic E-state index is 0.769. The number of benzene rings is 2. The number of hydrogen-bond donors (Lipinski definition) is 1. The van der Waals surface area contributed by atoms with E-state index >= 15 is 0 Å². The molecule has 0 unspecified atom stereocenters. The third kappa shape index (κ3) is 2.40. The Labute approximate surface area is 108 Å². The number of anilines is 3. The predicted molar refractivity (Wildman–Crippen MR) is 76.6 cm³/mol. The highest BCUT2D eigenvalue weighted by molar-refractivity contribution is 5.69. The van der Waals surface area contributed by atoms with Crippen molar-refractivity contribution in [3.8, 4) is 5.75 Å². The van der Waals surface area contributed by atoms with Gasteiger partial charge in [0.2, 0.25) is 0 Å². The minimum Gasteiger partial charge on any atom is -0.497 e. The molecule has 0 aliphatic carbocycles. The van der Waals surface area contributed by atoms with Crippen LogP contribution in [0, 0.1) is 6.92 Å². The van der Waals surface area contributed by atoms with Gasteiger partial charge in [0.25, 0.3) is 0 Å². The lowest BCUT2D eigenvalue weighted by Crippen LogP contribution is -2.11. The molecule has 0 spiro atoms. The number of aryl methyl sites for hydroxylation is 1. The molecule has 0 aromatic heterocycles.